The van der Waals surface area contributed by atoms with Crippen molar-refractivity contribution in [2.24, 2.45) is 0 Å². The van der Waals surface area contributed by atoms with Crippen molar-refractivity contribution < 1.29 is 9.72 Å². The van der Waals surface area contributed by atoms with Gasteiger partial charge < -0.3 is 5.32 Å². The number of nitro groups is 1. The van der Waals surface area contributed by atoms with E-state index in [2.05, 4.69) is 16.8 Å². The van der Waals surface area contributed by atoms with Crippen LogP contribution in [0.4, 0.5) is 5.69 Å². The van der Waals surface area contributed by atoms with Crippen LogP contribution >= 0.6 is 22.9 Å². The van der Waals surface area contributed by atoms with Crippen molar-refractivity contribution >= 4 is 34.5 Å². The molecule has 1 aromatic heterocycles. The average Bonchev–Trinajstić information content (AvgIpc) is 3.25. The molecule has 1 fully saturated rings. The van der Waals surface area contributed by atoms with Crippen molar-refractivity contribution in [3.8, 4) is 0 Å². The molecule has 126 valence electrons. The van der Waals surface area contributed by atoms with Gasteiger partial charge in [-0.2, -0.15) is 0 Å². The van der Waals surface area contributed by atoms with E-state index in [4.69, 9.17) is 11.6 Å². The van der Waals surface area contributed by atoms with Crippen LogP contribution in [0.5, 0.6) is 0 Å². The second kappa shape index (κ2) is 6.91. The van der Waals surface area contributed by atoms with Crippen molar-refractivity contribution in [2.45, 2.75) is 31.1 Å². The summed E-state index contributed by atoms with van der Waals surface area (Å²) >= 11 is 7.51. The highest BCUT2D eigenvalue weighted by molar-refractivity contribution is 7.10. The van der Waals surface area contributed by atoms with E-state index in [9.17, 15) is 14.9 Å². The lowest BCUT2D eigenvalue weighted by molar-refractivity contribution is -0.384. The van der Waals surface area contributed by atoms with Gasteiger partial charge in [0.2, 0.25) is 0 Å². The Hall–Kier alpha value is -1.92. The smallest absolute Gasteiger partial charge is 0.288 e. The van der Waals surface area contributed by atoms with Gasteiger partial charge in [-0.25, -0.2) is 0 Å². The first kappa shape index (κ1) is 16.9. The van der Waals surface area contributed by atoms with Crippen LogP contribution in [0, 0.1) is 10.1 Å². The monoisotopic (exact) mass is 364 g/mol. The van der Waals surface area contributed by atoms with Crippen LogP contribution in [0.15, 0.2) is 35.7 Å². The summed E-state index contributed by atoms with van der Waals surface area (Å²) in [4.78, 5) is 24.1. The van der Waals surface area contributed by atoms with Crippen LogP contribution in [0.2, 0.25) is 5.02 Å². The Morgan fingerprint density at radius 1 is 1.33 bits per heavy atom. The summed E-state index contributed by atoms with van der Waals surface area (Å²) in [5, 5.41) is 16.0. The summed E-state index contributed by atoms with van der Waals surface area (Å²) in [5.74, 6) is -0.308. The molecule has 0 radical (unpaired) electrons. The summed E-state index contributed by atoms with van der Waals surface area (Å²) in [6.07, 6.45) is 4.41. The highest BCUT2D eigenvalue weighted by Crippen LogP contribution is 2.42. The average molecular weight is 365 g/mol. The highest BCUT2D eigenvalue weighted by Gasteiger charge is 2.36. The first-order valence-corrected chi connectivity index (χ1v) is 9.04. The molecule has 0 unspecified atom stereocenters. The molecule has 0 bridgehead atoms. The number of thiophene rings is 1. The third-order valence-corrected chi connectivity index (χ3v) is 6.03. The molecule has 0 atom stereocenters. The molecule has 1 amide bonds. The van der Waals surface area contributed by atoms with Gasteiger partial charge in [-0.1, -0.05) is 30.5 Å². The Morgan fingerprint density at radius 2 is 2.08 bits per heavy atom. The van der Waals surface area contributed by atoms with Crippen molar-refractivity contribution in [3.63, 3.8) is 0 Å². The molecule has 7 heteroatoms. The number of carbonyl (C=O) groups is 1. The number of hydrogen-bond donors (Lipinski definition) is 1. The fraction of sp³-hybridized carbons (Fsp3) is 0.353. The molecule has 5 nitrogen and oxygen atoms in total. The standard InChI is InChI=1S/C17H17ClN2O3S/c18-13-6-5-12(10-14(13)20(22)23)16(21)19-11-17(7-1-2-8-17)15-4-3-9-24-15/h3-6,9-10H,1-2,7-8,11H2,(H,19,21). The number of amides is 1. The van der Waals surface area contributed by atoms with Crippen LogP contribution in [0.3, 0.4) is 0 Å². The Labute approximate surface area is 148 Å². The normalized spacial score (nSPS) is 16.0. The van der Waals surface area contributed by atoms with Crippen LogP contribution in [-0.2, 0) is 5.41 Å². The molecular weight excluding hydrogens is 348 g/mol. The third-order valence-electron chi connectivity index (χ3n) is 4.60. The maximum Gasteiger partial charge on any atom is 0.288 e. The van der Waals surface area contributed by atoms with Crippen molar-refractivity contribution in [3.05, 3.63) is 61.3 Å². The molecule has 1 aliphatic carbocycles. The van der Waals surface area contributed by atoms with E-state index in [1.165, 1.54) is 23.1 Å². The van der Waals surface area contributed by atoms with Gasteiger partial charge in [-0.3, -0.25) is 14.9 Å². The number of nitrogens with zero attached hydrogens (tertiary/aromatic N) is 1. The first-order valence-electron chi connectivity index (χ1n) is 7.78. The fourth-order valence-corrected chi connectivity index (χ4v) is 4.46. The quantitative estimate of drug-likeness (QED) is 0.624. The van der Waals surface area contributed by atoms with Crippen LogP contribution in [0.25, 0.3) is 0 Å². The van der Waals surface area contributed by atoms with E-state index in [1.54, 1.807) is 11.3 Å². The van der Waals surface area contributed by atoms with E-state index in [1.807, 2.05) is 6.07 Å². The minimum atomic E-state index is -0.580. The zero-order valence-electron chi connectivity index (χ0n) is 13.0. The minimum Gasteiger partial charge on any atom is -0.351 e. The maximum atomic E-state index is 12.4. The second-order valence-electron chi connectivity index (χ2n) is 6.07. The molecule has 1 heterocycles. The maximum absolute atomic E-state index is 12.4. The number of nitro benzene ring substituents is 1. The SMILES string of the molecule is O=C(NCC1(c2cccs2)CCCC1)c1ccc(Cl)c([N+](=O)[O-])c1. The molecule has 24 heavy (non-hydrogen) atoms. The van der Waals surface area contributed by atoms with Crippen molar-refractivity contribution in [1.29, 1.82) is 0 Å². The molecule has 3 rings (SSSR count). The summed E-state index contributed by atoms with van der Waals surface area (Å²) in [6.45, 7) is 0.544. The molecule has 1 aliphatic rings. The number of hydrogen-bond acceptors (Lipinski definition) is 4. The lowest BCUT2D eigenvalue weighted by atomic mass is 9.84. The predicted octanol–water partition coefficient (Wildman–Crippen LogP) is 4.55. The zero-order chi connectivity index (χ0) is 17.2. The van der Waals surface area contributed by atoms with Gasteiger partial charge in [0, 0.05) is 28.5 Å². The Balaban J connectivity index is 1.75. The lowest BCUT2D eigenvalue weighted by Crippen LogP contribution is -2.38. The van der Waals surface area contributed by atoms with Gasteiger partial charge in [-0.15, -0.1) is 11.3 Å². The molecule has 0 saturated heterocycles. The van der Waals surface area contributed by atoms with Gasteiger partial charge in [0.15, 0.2) is 0 Å². The second-order valence-corrected chi connectivity index (χ2v) is 7.43. The molecule has 0 spiro atoms. The summed E-state index contributed by atoms with van der Waals surface area (Å²) in [7, 11) is 0. The molecule has 1 saturated carbocycles. The zero-order valence-corrected chi connectivity index (χ0v) is 14.5. The number of rotatable bonds is 5. The van der Waals surface area contributed by atoms with Gasteiger partial charge in [-0.05, 0) is 36.4 Å². The van der Waals surface area contributed by atoms with Crippen LogP contribution in [-0.4, -0.2) is 17.4 Å². The largest absolute Gasteiger partial charge is 0.351 e. The van der Waals surface area contributed by atoms with Crippen molar-refractivity contribution in [2.75, 3.05) is 6.54 Å². The summed E-state index contributed by atoms with van der Waals surface area (Å²) in [5.41, 5.74) is -0.00841. The van der Waals surface area contributed by atoms with Gasteiger partial charge in [0.25, 0.3) is 11.6 Å². The number of benzene rings is 1. The van der Waals surface area contributed by atoms with E-state index < -0.39 is 4.92 Å². The van der Waals surface area contributed by atoms with Gasteiger partial charge >= 0.3 is 0 Å². The number of carbonyl (C=O) groups excluding carboxylic acids is 1. The Kier molecular flexibility index (Phi) is 4.87. The van der Waals surface area contributed by atoms with E-state index >= 15 is 0 Å². The number of halogens is 1. The summed E-state index contributed by atoms with van der Waals surface area (Å²) in [6, 6.07) is 8.28. The Bertz CT molecular complexity index is 755. The molecule has 1 N–H and O–H groups in total. The van der Waals surface area contributed by atoms with E-state index in [0.29, 0.717) is 6.54 Å². The highest BCUT2D eigenvalue weighted by atomic mass is 35.5. The van der Waals surface area contributed by atoms with Crippen molar-refractivity contribution in [1.82, 2.24) is 5.32 Å². The fourth-order valence-electron chi connectivity index (χ4n) is 3.29. The lowest BCUT2D eigenvalue weighted by Gasteiger charge is -2.28. The Morgan fingerprint density at radius 3 is 2.71 bits per heavy atom. The molecule has 2 aromatic rings. The summed E-state index contributed by atoms with van der Waals surface area (Å²) < 4.78 is 0. The van der Waals surface area contributed by atoms with Gasteiger partial charge in [0.05, 0.1) is 4.92 Å². The van der Waals surface area contributed by atoms with E-state index in [0.717, 1.165) is 25.7 Å². The molecule has 0 aliphatic heterocycles. The molecule has 1 aromatic carbocycles. The minimum absolute atomic E-state index is 0.0117. The molecular formula is C17H17ClN2O3S. The predicted molar refractivity (Wildman–Crippen MR) is 94.9 cm³/mol. The number of nitrogens with one attached hydrogen (secondary N) is 1. The topological polar surface area (TPSA) is 72.2 Å². The van der Waals surface area contributed by atoms with Crippen LogP contribution in [0.1, 0.15) is 40.9 Å². The third kappa shape index (κ3) is 3.30. The first-order chi connectivity index (χ1) is 11.5. The van der Waals surface area contributed by atoms with Gasteiger partial charge in [0.1, 0.15) is 5.02 Å². The van der Waals surface area contributed by atoms with E-state index in [-0.39, 0.29) is 27.6 Å². The van der Waals surface area contributed by atoms with Crippen LogP contribution < -0.4 is 5.32 Å².